The second-order valence-corrected chi connectivity index (χ2v) is 8.79. The van der Waals surface area contributed by atoms with E-state index in [4.69, 9.17) is 25.8 Å². The Hall–Kier alpha value is -1.84. The molecule has 7 nitrogen and oxygen atoms in total. The molecule has 28 heavy (non-hydrogen) atoms. The van der Waals surface area contributed by atoms with E-state index in [2.05, 4.69) is 9.62 Å². The van der Waals surface area contributed by atoms with E-state index in [-0.39, 0.29) is 24.3 Å². The van der Waals surface area contributed by atoms with E-state index < -0.39 is 10.0 Å². The van der Waals surface area contributed by atoms with Gasteiger partial charge in [-0.3, -0.25) is 4.90 Å². The smallest absolute Gasteiger partial charge is 0.240 e. The summed E-state index contributed by atoms with van der Waals surface area (Å²) in [5.74, 6) is 1.38. The second-order valence-electron chi connectivity index (χ2n) is 6.58. The maximum atomic E-state index is 12.7. The van der Waals surface area contributed by atoms with Crippen molar-refractivity contribution >= 4 is 21.6 Å². The van der Waals surface area contributed by atoms with Gasteiger partial charge in [0.25, 0.3) is 0 Å². The van der Waals surface area contributed by atoms with Gasteiger partial charge in [0.2, 0.25) is 16.8 Å². The zero-order valence-electron chi connectivity index (χ0n) is 15.1. The van der Waals surface area contributed by atoms with E-state index in [0.29, 0.717) is 29.7 Å². The fraction of sp³-hybridized carbons (Fsp3) is 0.368. The Labute approximate surface area is 169 Å². The minimum Gasteiger partial charge on any atom is -0.454 e. The van der Waals surface area contributed by atoms with Gasteiger partial charge in [0.05, 0.1) is 18.1 Å². The maximum Gasteiger partial charge on any atom is 0.240 e. The van der Waals surface area contributed by atoms with Gasteiger partial charge in [0.15, 0.2) is 11.5 Å². The topological polar surface area (TPSA) is 77.1 Å². The lowest BCUT2D eigenvalue weighted by molar-refractivity contribution is 0.0171. The van der Waals surface area contributed by atoms with E-state index >= 15 is 0 Å². The molecule has 0 saturated carbocycles. The van der Waals surface area contributed by atoms with Crippen molar-refractivity contribution in [2.75, 3.05) is 39.6 Å². The van der Waals surface area contributed by atoms with Gasteiger partial charge >= 0.3 is 0 Å². The summed E-state index contributed by atoms with van der Waals surface area (Å²) < 4.78 is 44.5. The first-order valence-corrected chi connectivity index (χ1v) is 10.9. The van der Waals surface area contributed by atoms with Crippen molar-refractivity contribution in [3.63, 3.8) is 0 Å². The maximum absolute atomic E-state index is 12.7. The predicted molar refractivity (Wildman–Crippen MR) is 104 cm³/mol. The van der Waals surface area contributed by atoms with Crippen LogP contribution in [0.25, 0.3) is 0 Å². The Morgan fingerprint density at radius 1 is 1.04 bits per heavy atom. The lowest BCUT2D eigenvalue weighted by Gasteiger charge is -2.35. The van der Waals surface area contributed by atoms with Crippen molar-refractivity contribution in [2.24, 2.45) is 0 Å². The largest absolute Gasteiger partial charge is 0.454 e. The second kappa shape index (κ2) is 8.26. The minimum atomic E-state index is -3.65. The van der Waals surface area contributed by atoms with Crippen molar-refractivity contribution in [2.45, 2.75) is 10.9 Å². The van der Waals surface area contributed by atoms with E-state index in [1.54, 1.807) is 12.1 Å². The number of halogens is 1. The molecule has 1 atom stereocenters. The number of hydrogen-bond acceptors (Lipinski definition) is 6. The summed E-state index contributed by atoms with van der Waals surface area (Å²) in [6.07, 6.45) is 0. The molecule has 2 aromatic carbocycles. The number of nitrogens with zero attached hydrogens (tertiary/aromatic N) is 1. The molecule has 150 valence electrons. The van der Waals surface area contributed by atoms with Crippen molar-refractivity contribution < 1.29 is 22.6 Å². The Morgan fingerprint density at radius 3 is 2.50 bits per heavy atom. The summed E-state index contributed by atoms with van der Waals surface area (Å²) in [5.41, 5.74) is 0.963. The average molecular weight is 425 g/mol. The molecule has 0 amide bonds. The number of ether oxygens (including phenoxy) is 3. The standard InChI is InChI=1S/C19H21ClN2O5S/c20-15-2-4-16(5-3-15)28(23,24)21-12-17(22-7-9-25-10-8-22)14-1-6-18-19(11-14)27-13-26-18/h1-6,11,17,21H,7-10,12-13H2/t17-/m0/s1. The Kier molecular flexibility index (Phi) is 5.75. The van der Waals surface area contributed by atoms with Gasteiger partial charge in [-0.1, -0.05) is 17.7 Å². The molecule has 0 spiro atoms. The molecule has 0 aromatic heterocycles. The number of morpholine rings is 1. The fourth-order valence-corrected chi connectivity index (χ4v) is 4.52. The van der Waals surface area contributed by atoms with Gasteiger partial charge in [-0.05, 0) is 42.0 Å². The molecule has 1 fully saturated rings. The van der Waals surface area contributed by atoms with Crippen LogP contribution < -0.4 is 14.2 Å². The van der Waals surface area contributed by atoms with Gasteiger partial charge in [-0.15, -0.1) is 0 Å². The highest BCUT2D eigenvalue weighted by atomic mass is 35.5. The van der Waals surface area contributed by atoms with Crippen LogP contribution in [-0.4, -0.2) is 53.0 Å². The third kappa shape index (κ3) is 4.26. The van der Waals surface area contributed by atoms with Crippen molar-refractivity contribution in [3.8, 4) is 11.5 Å². The van der Waals surface area contributed by atoms with Crippen LogP contribution >= 0.6 is 11.6 Å². The zero-order valence-corrected chi connectivity index (χ0v) is 16.7. The lowest BCUT2D eigenvalue weighted by Crippen LogP contribution is -2.43. The highest BCUT2D eigenvalue weighted by Crippen LogP contribution is 2.35. The molecule has 2 aromatic rings. The van der Waals surface area contributed by atoms with Gasteiger partial charge in [0, 0.05) is 30.7 Å². The van der Waals surface area contributed by atoms with Crippen molar-refractivity contribution in [1.29, 1.82) is 0 Å². The summed E-state index contributed by atoms with van der Waals surface area (Å²) >= 11 is 5.86. The summed E-state index contributed by atoms with van der Waals surface area (Å²) in [5, 5.41) is 0.491. The number of fused-ring (bicyclic) bond motifs is 1. The SMILES string of the molecule is O=S(=O)(NC[C@@H](c1ccc2c(c1)OCO2)N1CCOCC1)c1ccc(Cl)cc1. The number of rotatable bonds is 6. The van der Waals surface area contributed by atoms with Crippen LogP contribution in [0, 0.1) is 0 Å². The van der Waals surface area contributed by atoms with Crippen molar-refractivity contribution in [3.05, 3.63) is 53.1 Å². The molecule has 2 aliphatic heterocycles. The number of benzene rings is 2. The molecule has 0 bridgehead atoms. The molecule has 2 heterocycles. The highest BCUT2D eigenvalue weighted by molar-refractivity contribution is 7.89. The highest BCUT2D eigenvalue weighted by Gasteiger charge is 2.27. The minimum absolute atomic E-state index is 0.152. The van der Waals surface area contributed by atoms with Gasteiger partial charge in [-0.25, -0.2) is 13.1 Å². The Balaban J connectivity index is 1.56. The Bertz CT molecular complexity index is 930. The molecule has 2 aliphatic rings. The van der Waals surface area contributed by atoms with E-state index in [1.165, 1.54) is 12.1 Å². The number of nitrogens with one attached hydrogen (secondary N) is 1. The predicted octanol–water partition coefficient (Wildman–Crippen LogP) is 2.42. The fourth-order valence-electron chi connectivity index (χ4n) is 3.35. The van der Waals surface area contributed by atoms with E-state index in [9.17, 15) is 8.42 Å². The normalized spacial score (nSPS) is 18.2. The van der Waals surface area contributed by atoms with Gasteiger partial charge in [-0.2, -0.15) is 0 Å². The molecule has 4 rings (SSSR count). The molecule has 0 radical (unpaired) electrons. The van der Waals surface area contributed by atoms with Crippen LogP contribution in [0.1, 0.15) is 11.6 Å². The van der Waals surface area contributed by atoms with E-state index in [1.807, 2.05) is 18.2 Å². The average Bonchev–Trinajstić information content (AvgIpc) is 3.17. The quantitative estimate of drug-likeness (QED) is 0.767. The molecule has 9 heteroatoms. The van der Waals surface area contributed by atoms with E-state index in [0.717, 1.165) is 18.7 Å². The lowest BCUT2D eigenvalue weighted by atomic mass is 10.0. The molecular weight excluding hydrogens is 404 g/mol. The number of hydrogen-bond donors (Lipinski definition) is 1. The summed E-state index contributed by atoms with van der Waals surface area (Å²) in [4.78, 5) is 2.40. The third-order valence-corrected chi connectivity index (χ3v) is 6.55. The first-order chi connectivity index (χ1) is 13.5. The van der Waals surface area contributed by atoms with Gasteiger partial charge in [0.1, 0.15) is 0 Å². The summed E-state index contributed by atoms with van der Waals surface area (Å²) in [7, 11) is -3.65. The summed E-state index contributed by atoms with van der Waals surface area (Å²) in [6, 6.07) is 11.7. The van der Waals surface area contributed by atoms with Crippen LogP contribution in [0.2, 0.25) is 5.02 Å². The van der Waals surface area contributed by atoms with Crippen LogP contribution in [0.4, 0.5) is 0 Å². The van der Waals surface area contributed by atoms with Crippen LogP contribution in [0.3, 0.4) is 0 Å². The van der Waals surface area contributed by atoms with Crippen LogP contribution in [0.15, 0.2) is 47.4 Å². The first kappa shape index (κ1) is 19.5. The molecule has 1 N–H and O–H groups in total. The molecule has 0 unspecified atom stereocenters. The van der Waals surface area contributed by atoms with Crippen LogP contribution in [-0.2, 0) is 14.8 Å². The third-order valence-electron chi connectivity index (χ3n) is 4.86. The van der Waals surface area contributed by atoms with Crippen LogP contribution in [0.5, 0.6) is 11.5 Å². The number of sulfonamides is 1. The molecule has 0 aliphatic carbocycles. The monoisotopic (exact) mass is 424 g/mol. The Morgan fingerprint density at radius 2 is 1.75 bits per heavy atom. The van der Waals surface area contributed by atoms with Gasteiger partial charge < -0.3 is 14.2 Å². The molecule has 1 saturated heterocycles. The first-order valence-electron chi connectivity index (χ1n) is 8.99. The summed E-state index contributed by atoms with van der Waals surface area (Å²) in [6.45, 7) is 3.11. The zero-order chi connectivity index (χ0) is 19.6. The molecular formula is C19H21ClN2O5S. The van der Waals surface area contributed by atoms with Crippen molar-refractivity contribution in [1.82, 2.24) is 9.62 Å².